The summed E-state index contributed by atoms with van der Waals surface area (Å²) < 4.78 is 0. The van der Waals surface area contributed by atoms with Crippen LogP contribution in [-0.4, -0.2) is 16.5 Å². The van der Waals surface area contributed by atoms with Gasteiger partial charge in [0.1, 0.15) is 0 Å². The molecule has 0 fully saturated rings. The maximum Gasteiger partial charge on any atom is 4.00 e. The van der Waals surface area contributed by atoms with Crippen molar-refractivity contribution < 1.29 is 42.9 Å². The van der Waals surface area contributed by atoms with Gasteiger partial charge in [0.05, 0.1) is 0 Å². The molecule has 0 aliphatic heterocycles. The minimum atomic E-state index is -1.10. The van der Waals surface area contributed by atoms with E-state index < -0.39 is 6.29 Å². The minimum Gasteiger partial charge on any atom is -2.00 e. The van der Waals surface area contributed by atoms with Gasteiger partial charge in [0.2, 0.25) is 0 Å². The fourth-order valence-corrected chi connectivity index (χ4v) is 0.387. The molecule has 4 nitrogen and oxygen atoms in total. The molecule has 0 bridgehead atoms. The first-order valence-corrected chi connectivity index (χ1v) is 2.63. The van der Waals surface area contributed by atoms with E-state index in [2.05, 4.69) is 0 Å². The van der Waals surface area contributed by atoms with E-state index in [0.717, 1.165) is 12.8 Å². The van der Waals surface area contributed by atoms with Crippen molar-refractivity contribution in [2.45, 2.75) is 32.5 Å². The minimum absolute atomic E-state index is 0. The molecule has 0 aromatic rings. The van der Waals surface area contributed by atoms with Crippen LogP contribution in [-0.2, 0) is 32.7 Å². The Kier molecular flexibility index (Phi) is 36.5. The van der Waals surface area contributed by atoms with E-state index in [1.54, 1.807) is 0 Å². The van der Waals surface area contributed by atoms with E-state index >= 15 is 0 Å². The quantitative estimate of drug-likeness (QED) is 0.485. The predicted molar refractivity (Wildman–Crippen MR) is 29.1 cm³/mol. The van der Waals surface area contributed by atoms with Crippen molar-refractivity contribution in [3.63, 3.8) is 0 Å². The number of hydrogen-bond donors (Lipinski definition) is 2. The monoisotopic (exact) mass is 184 g/mol. The molecule has 0 rings (SSSR count). The Labute approximate surface area is 75.8 Å². The van der Waals surface area contributed by atoms with Crippen molar-refractivity contribution >= 4 is 0 Å². The van der Waals surface area contributed by atoms with Gasteiger partial charge in [-0.15, -0.1) is 0 Å². The normalized spacial score (nSPS) is 7.20. The topological polar surface area (TPSA) is 97.5 Å². The van der Waals surface area contributed by atoms with Crippen LogP contribution in [0.4, 0.5) is 0 Å². The summed E-state index contributed by atoms with van der Waals surface area (Å²) in [6, 6.07) is 0. The van der Waals surface area contributed by atoms with E-state index in [1.165, 1.54) is 0 Å². The summed E-state index contributed by atoms with van der Waals surface area (Å²) in [5, 5.41) is 16.5. The maximum absolute atomic E-state index is 8.24. The number of aliphatic hydroxyl groups is 2. The van der Waals surface area contributed by atoms with Crippen LogP contribution in [0.5, 0.6) is 0 Å². The van der Waals surface area contributed by atoms with Crippen LogP contribution in [0.2, 0.25) is 0 Å². The van der Waals surface area contributed by atoms with Gasteiger partial charge in [-0.05, 0) is 12.8 Å². The van der Waals surface area contributed by atoms with Crippen LogP contribution in [0, 0.1) is 0 Å². The molecule has 5 heteroatoms. The Morgan fingerprint density at radius 3 is 1.70 bits per heavy atom. The summed E-state index contributed by atoms with van der Waals surface area (Å²) in [6.07, 6.45) is 1.34. The molecule has 0 atom stereocenters. The smallest absolute Gasteiger partial charge is 2.00 e. The molecule has 10 heavy (non-hydrogen) atoms. The van der Waals surface area contributed by atoms with Crippen LogP contribution < -0.4 is 0 Å². The maximum atomic E-state index is 8.24. The third-order valence-electron chi connectivity index (χ3n) is 0.816. The molecule has 0 saturated carbocycles. The molecule has 0 aliphatic rings. The molecule has 0 heterocycles. The number of aliphatic hydroxyl groups excluding tert-OH is 1. The van der Waals surface area contributed by atoms with Crippen molar-refractivity contribution in [1.82, 2.24) is 0 Å². The zero-order chi connectivity index (χ0) is 5.70. The molecule has 0 spiro atoms. The van der Waals surface area contributed by atoms with Crippen LogP contribution in [0.1, 0.15) is 26.2 Å². The van der Waals surface area contributed by atoms with Crippen LogP contribution in [0.3, 0.4) is 0 Å². The van der Waals surface area contributed by atoms with E-state index in [0.29, 0.717) is 6.42 Å². The fraction of sp³-hybridized carbons (Fsp3) is 1.00. The second kappa shape index (κ2) is 16.3. The Morgan fingerprint density at radius 1 is 1.20 bits per heavy atom. The van der Waals surface area contributed by atoms with E-state index in [9.17, 15) is 0 Å². The summed E-state index contributed by atoms with van der Waals surface area (Å²) in [7, 11) is 0. The molecule has 0 aliphatic carbocycles. The second-order valence-corrected chi connectivity index (χ2v) is 1.62. The van der Waals surface area contributed by atoms with Crippen LogP contribution in [0.25, 0.3) is 0 Å². The fourth-order valence-electron chi connectivity index (χ4n) is 0.387. The SMILES string of the molecule is CCCCC(O)O.[O-2].[O-2].[Ti+4]. The van der Waals surface area contributed by atoms with Crippen molar-refractivity contribution in [1.29, 1.82) is 0 Å². The zero-order valence-electron chi connectivity index (χ0n) is 5.91. The first-order chi connectivity index (χ1) is 3.27. The largest absolute Gasteiger partial charge is 4.00 e. The average molecular weight is 184 g/mol. The molecule has 0 aromatic carbocycles. The van der Waals surface area contributed by atoms with Gasteiger partial charge in [-0.2, -0.15) is 0 Å². The van der Waals surface area contributed by atoms with Gasteiger partial charge in [-0.3, -0.25) is 0 Å². The molecular weight excluding hydrogens is 172 g/mol. The molecule has 0 radical (unpaired) electrons. The Bertz CT molecular complexity index is 42.6. The molecule has 2 N–H and O–H groups in total. The first kappa shape index (κ1) is 22.4. The van der Waals surface area contributed by atoms with Gasteiger partial charge in [0, 0.05) is 0 Å². The van der Waals surface area contributed by atoms with Crippen LogP contribution in [0.15, 0.2) is 0 Å². The predicted octanol–water partition coefficient (Wildman–Crippen LogP) is 0.247. The summed E-state index contributed by atoms with van der Waals surface area (Å²) in [5.74, 6) is 0. The van der Waals surface area contributed by atoms with Gasteiger partial charge in [-0.1, -0.05) is 13.3 Å². The Balaban J connectivity index is -0.0000000600. The van der Waals surface area contributed by atoms with Crippen molar-refractivity contribution in [2.24, 2.45) is 0 Å². The number of unbranched alkanes of at least 4 members (excludes halogenated alkanes) is 1. The van der Waals surface area contributed by atoms with Crippen molar-refractivity contribution in [2.75, 3.05) is 0 Å². The molecule has 0 saturated heterocycles. The number of rotatable bonds is 3. The third-order valence-corrected chi connectivity index (χ3v) is 0.816. The molecule has 0 amide bonds. The number of hydrogen-bond acceptors (Lipinski definition) is 2. The van der Waals surface area contributed by atoms with Gasteiger partial charge in [0.25, 0.3) is 0 Å². The average Bonchev–Trinajstić information content (AvgIpc) is 1.61. The van der Waals surface area contributed by atoms with Gasteiger partial charge >= 0.3 is 21.7 Å². The van der Waals surface area contributed by atoms with E-state index in [-0.39, 0.29) is 32.7 Å². The van der Waals surface area contributed by atoms with Gasteiger partial charge in [0.15, 0.2) is 6.29 Å². The second-order valence-electron chi connectivity index (χ2n) is 1.62. The van der Waals surface area contributed by atoms with Gasteiger partial charge < -0.3 is 21.2 Å². The van der Waals surface area contributed by atoms with E-state index in [1.807, 2.05) is 6.92 Å². The summed E-state index contributed by atoms with van der Waals surface area (Å²) >= 11 is 0. The standard InChI is InChI=1S/C5H12O2.2O.Ti/c1-2-3-4-5(6)7;;;/h5-7H,2-4H2,1H3;;;/q;2*-2;+4. The molecule has 0 aromatic heterocycles. The first-order valence-electron chi connectivity index (χ1n) is 2.63. The zero-order valence-corrected chi connectivity index (χ0v) is 7.47. The Morgan fingerprint density at radius 2 is 1.60 bits per heavy atom. The molecule has 60 valence electrons. The third kappa shape index (κ3) is 23.5. The van der Waals surface area contributed by atoms with Crippen molar-refractivity contribution in [3.05, 3.63) is 0 Å². The molecular formula is C5H12O4Ti. The molecule has 0 unspecified atom stereocenters. The summed E-state index contributed by atoms with van der Waals surface area (Å²) in [6.45, 7) is 2.02. The van der Waals surface area contributed by atoms with Crippen molar-refractivity contribution in [3.8, 4) is 0 Å². The van der Waals surface area contributed by atoms with Gasteiger partial charge in [-0.25, -0.2) is 0 Å². The summed E-state index contributed by atoms with van der Waals surface area (Å²) in [5.41, 5.74) is 0. The summed E-state index contributed by atoms with van der Waals surface area (Å²) in [4.78, 5) is 0. The van der Waals surface area contributed by atoms with E-state index in [4.69, 9.17) is 10.2 Å². The van der Waals surface area contributed by atoms with Crippen LogP contribution >= 0.6 is 0 Å². The Hall–Kier alpha value is 0.554.